The summed E-state index contributed by atoms with van der Waals surface area (Å²) in [5.41, 5.74) is 7.36. The molecule has 31 heavy (non-hydrogen) atoms. The molecule has 5 aromatic rings. The number of nitrogens with zero attached hydrogens (tertiary/aromatic N) is 4. The molecule has 0 saturated carbocycles. The Morgan fingerprint density at radius 3 is 2.55 bits per heavy atom. The van der Waals surface area contributed by atoms with Gasteiger partial charge < -0.3 is 10.3 Å². The predicted octanol–water partition coefficient (Wildman–Crippen LogP) is 4.47. The number of fused-ring (bicyclic) bond motifs is 1. The van der Waals surface area contributed by atoms with E-state index < -0.39 is 0 Å². The number of imidazole rings is 1. The molecular formula is C25H24N6. The number of rotatable bonds is 7. The van der Waals surface area contributed by atoms with Gasteiger partial charge in [-0.3, -0.25) is 0 Å². The highest BCUT2D eigenvalue weighted by atomic mass is 15.5. The number of aromatic nitrogens is 5. The lowest BCUT2D eigenvalue weighted by molar-refractivity contribution is 0.574. The molecule has 0 spiro atoms. The molecular weight excluding hydrogens is 384 g/mol. The SMILES string of the molecule is Cc1cccc(Cn2nc(CNCc3nc4ccccc4[nH]3)c(-c3ccccc3)n2)c1. The van der Waals surface area contributed by atoms with E-state index in [1.54, 1.807) is 4.80 Å². The van der Waals surface area contributed by atoms with Crippen LogP contribution < -0.4 is 5.32 Å². The largest absolute Gasteiger partial charge is 0.341 e. The van der Waals surface area contributed by atoms with E-state index in [-0.39, 0.29) is 0 Å². The van der Waals surface area contributed by atoms with Crippen molar-refractivity contribution >= 4 is 11.0 Å². The summed E-state index contributed by atoms with van der Waals surface area (Å²) < 4.78 is 0. The minimum atomic E-state index is 0.606. The van der Waals surface area contributed by atoms with E-state index in [2.05, 4.69) is 58.6 Å². The predicted molar refractivity (Wildman–Crippen MR) is 122 cm³/mol. The van der Waals surface area contributed by atoms with Crippen molar-refractivity contribution in [2.75, 3.05) is 0 Å². The van der Waals surface area contributed by atoms with E-state index in [1.807, 2.05) is 42.5 Å². The molecule has 0 aliphatic carbocycles. The Morgan fingerprint density at radius 1 is 0.871 bits per heavy atom. The van der Waals surface area contributed by atoms with E-state index in [4.69, 9.17) is 10.2 Å². The van der Waals surface area contributed by atoms with E-state index >= 15 is 0 Å². The maximum atomic E-state index is 4.81. The van der Waals surface area contributed by atoms with Gasteiger partial charge in [-0.25, -0.2) is 4.98 Å². The Kier molecular flexibility index (Phi) is 5.29. The zero-order valence-corrected chi connectivity index (χ0v) is 17.4. The van der Waals surface area contributed by atoms with Crippen molar-refractivity contribution in [3.63, 3.8) is 0 Å². The Hall–Kier alpha value is -3.77. The lowest BCUT2D eigenvalue weighted by atomic mass is 10.1. The van der Waals surface area contributed by atoms with Crippen molar-refractivity contribution in [1.29, 1.82) is 0 Å². The molecule has 0 amide bonds. The third-order valence-electron chi connectivity index (χ3n) is 5.20. The van der Waals surface area contributed by atoms with Gasteiger partial charge in [0.25, 0.3) is 0 Å². The fourth-order valence-electron chi connectivity index (χ4n) is 3.75. The van der Waals surface area contributed by atoms with Gasteiger partial charge in [-0.05, 0) is 24.6 Å². The molecule has 0 fully saturated rings. The molecule has 5 rings (SSSR count). The van der Waals surface area contributed by atoms with Crippen LogP contribution in [0.1, 0.15) is 22.6 Å². The first kappa shape index (κ1) is 19.2. The van der Waals surface area contributed by atoms with Gasteiger partial charge in [0.1, 0.15) is 17.2 Å². The molecule has 6 nitrogen and oxygen atoms in total. The Morgan fingerprint density at radius 2 is 1.71 bits per heavy atom. The van der Waals surface area contributed by atoms with Crippen molar-refractivity contribution in [2.24, 2.45) is 0 Å². The fourth-order valence-corrected chi connectivity index (χ4v) is 3.75. The molecule has 0 radical (unpaired) electrons. The van der Waals surface area contributed by atoms with Crippen LogP contribution in [0.25, 0.3) is 22.3 Å². The topological polar surface area (TPSA) is 71.4 Å². The van der Waals surface area contributed by atoms with Crippen molar-refractivity contribution in [3.8, 4) is 11.3 Å². The van der Waals surface area contributed by atoms with Crippen LogP contribution in [0, 0.1) is 6.92 Å². The van der Waals surface area contributed by atoms with Crippen molar-refractivity contribution < 1.29 is 0 Å². The van der Waals surface area contributed by atoms with Gasteiger partial charge in [-0.1, -0.05) is 72.3 Å². The summed E-state index contributed by atoms with van der Waals surface area (Å²) >= 11 is 0. The van der Waals surface area contributed by atoms with Gasteiger partial charge in [0.15, 0.2) is 0 Å². The molecule has 6 heteroatoms. The molecule has 2 heterocycles. The van der Waals surface area contributed by atoms with Crippen molar-refractivity contribution in [1.82, 2.24) is 30.3 Å². The summed E-state index contributed by atoms with van der Waals surface area (Å²) in [6, 6.07) is 26.7. The van der Waals surface area contributed by atoms with Gasteiger partial charge in [0.2, 0.25) is 0 Å². The molecule has 0 unspecified atom stereocenters. The van der Waals surface area contributed by atoms with E-state index in [9.17, 15) is 0 Å². The van der Waals surface area contributed by atoms with Crippen LogP contribution in [-0.2, 0) is 19.6 Å². The van der Waals surface area contributed by atoms with Crippen LogP contribution in [0.2, 0.25) is 0 Å². The fraction of sp³-hybridized carbons (Fsp3) is 0.160. The summed E-state index contributed by atoms with van der Waals surface area (Å²) in [5.74, 6) is 0.912. The average molecular weight is 409 g/mol. The maximum absolute atomic E-state index is 4.81. The number of benzene rings is 3. The number of hydrogen-bond donors (Lipinski definition) is 2. The van der Waals surface area contributed by atoms with Crippen LogP contribution in [0.5, 0.6) is 0 Å². The monoisotopic (exact) mass is 408 g/mol. The third-order valence-corrected chi connectivity index (χ3v) is 5.20. The van der Waals surface area contributed by atoms with E-state index in [1.165, 1.54) is 11.1 Å². The highest BCUT2D eigenvalue weighted by molar-refractivity contribution is 5.74. The second-order valence-corrected chi connectivity index (χ2v) is 7.68. The molecule has 0 aliphatic heterocycles. The van der Waals surface area contributed by atoms with Gasteiger partial charge in [-0.2, -0.15) is 15.0 Å². The summed E-state index contributed by atoms with van der Waals surface area (Å²) in [5, 5.41) is 13.1. The molecule has 2 N–H and O–H groups in total. The molecule has 3 aromatic carbocycles. The highest BCUT2D eigenvalue weighted by Gasteiger charge is 2.14. The van der Waals surface area contributed by atoms with Gasteiger partial charge >= 0.3 is 0 Å². The van der Waals surface area contributed by atoms with Crippen LogP contribution >= 0.6 is 0 Å². The van der Waals surface area contributed by atoms with E-state index in [0.717, 1.165) is 33.8 Å². The molecule has 0 saturated heterocycles. The van der Waals surface area contributed by atoms with Crippen LogP contribution in [0.15, 0.2) is 78.9 Å². The summed E-state index contributed by atoms with van der Waals surface area (Å²) in [6.07, 6.45) is 0. The molecule has 2 aromatic heterocycles. The summed E-state index contributed by atoms with van der Waals surface area (Å²) in [7, 11) is 0. The highest BCUT2D eigenvalue weighted by Crippen LogP contribution is 2.20. The molecule has 0 atom stereocenters. The standard InChI is InChI=1S/C25H24N6/c1-18-8-7-9-19(14-18)17-31-29-23(25(30-31)20-10-3-2-4-11-20)15-26-16-24-27-21-12-5-6-13-22(21)28-24/h2-14,26H,15-17H2,1H3,(H,27,28). The quantitative estimate of drug-likeness (QED) is 0.417. The zero-order valence-electron chi connectivity index (χ0n) is 17.4. The number of para-hydroxylation sites is 2. The van der Waals surface area contributed by atoms with Gasteiger partial charge in [-0.15, -0.1) is 0 Å². The van der Waals surface area contributed by atoms with Crippen molar-refractivity contribution in [3.05, 3.63) is 102 Å². The zero-order chi connectivity index (χ0) is 21.0. The number of hydrogen-bond acceptors (Lipinski definition) is 4. The lowest BCUT2D eigenvalue weighted by Crippen LogP contribution is -2.15. The number of aryl methyl sites for hydroxylation is 1. The van der Waals surface area contributed by atoms with Crippen LogP contribution in [-0.4, -0.2) is 25.0 Å². The minimum absolute atomic E-state index is 0.606. The van der Waals surface area contributed by atoms with Crippen molar-refractivity contribution in [2.45, 2.75) is 26.6 Å². The molecule has 0 bridgehead atoms. The summed E-state index contributed by atoms with van der Waals surface area (Å²) in [6.45, 7) is 3.98. The molecule has 154 valence electrons. The van der Waals surface area contributed by atoms with Crippen LogP contribution in [0.3, 0.4) is 0 Å². The van der Waals surface area contributed by atoms with Gasteiger partial charge in [0.05, 0.1) is 24.1 Å². The Labute approximate surface area is 181 Å². The first-order valence-corrected chi connectivity index (χ1v) is 10.4. The average Bonchev–Trinajstić information content (AvgIpc) is 3.38. The van der Waals surface area contributed by atoms with E-state index in [0.29, 0.717) is 19.6 Å². The Bertz CT molecular complexity index is 1270. The van der Waals surface area contributed by atoms with Gasteiger partial charge in [0, 0.05) is 12.1 Å². The number of nitrogens with one attached hydrogen (secondary N) is 2. The smallest absolute Gasteiger partial charge is 0.121 e. The first-order valence-electron chi connectivity index (χ1n) is 10.4. The third kappa shape index (κ3) is 4.39. The maximum Gasteiger partial charge on any atom is 0.121 e. The minimum Gasteiger partial charge on any atom is -0.341 e. The molecule has 0 aliphatic rings. The number of aromatic amines is 1. The second-order valence-electron chi connectivity index (χ2n) is 7.68. The van der Waals surface area contributed by atoms with Crippen LogP contribution in [0.4, 0.5) is 0 Å². The number of H-pyrrole nitrogens is 1. The normalized spacial score (nSPS) is 11.3. The Balaban J connectivity index is 1.36. The lowest BCUT2D eigenvalue weighted by Gasteiger charge is -2.02. The summed E-state index contributed by atoms with van der Waals surface area (Å²) in [4.78, 5) is 9.78. The second kappa shape index (κ2) is 8.53. The first-order chi connectivity index (χ1) is 15.2.